The summed E-state index contributed by atoms with van der Waals surface area (Å²) in [7, 11) is 0. The van der Waals surface area contributed by atoms with E-state index in [1.54, 1.807) is 6.07 Å². The number of hydrogen-bond donors (Lipinski definition) is 1. The molecule has 158 valence electrons. The molecule has 0 unspecified atom stereocenters. The number of nitrogens with zero attached hydrogens (tertiary/aromatic N) is 5. The molecule has 1 N–H and O–H groups in total. The lowest BCUT2D eigenvalue weighted by Crippen LogP contribution is -2.46. The minimum absolute atomic E-state index is 0.468. The monoisotopic (exact) mass is 452 g/mol. The van der Waals surface area contributed by atoms with Crippen molar-refractivity contribution in [2.45, 2.75) is 25.4 Å². The second-order valence-electron chi connectivity index (χ2n) is 8.10. The van der Waals surface area contributed by atoms with Crippen LogP contribution in [0.15, 0.2) is 36.4 Å². The molecule has 3 aromatic rings. The van der Waals surface area contributed by atoms with Gasteiger partial charge >= 0.3 is 0 Å². The Morgan fingerprint density at radius 3 is 2.61 bits per heavy atom. The molecular formula is C23H22Cl2N6. The summed E-state index contributed by atoms with van der Waals surface area (Å²) in [6.07, 6.45) is 2.32. The first-order valence-corrected chi connectivity index (χ1v) is 11.2. The molecule has 0 radical (unpaired) electrons. The fourth-order valence-corrected chi connectivity index (χ4v) is 4.29. The molecule has 1 saturated carbocycles. The van der Waals surface area contributed by atoms with E-state index in [1.165, 1.54) is 0 Å². The molecule has 0 atom stereocenters. The number of halogens is 2. The second kappa shape index (κ2) is 8.51. The van der Waals surface area contributed by atoms with Crippen LogP contribution in [0.1, 0.15) is 24.0 Å². The highest BCUT2D eigenvalue weighted by Gasteiger charge is 2.27. The molecule has 2 aliphatic rings. The number of rotatable bonds is 5. The molecule has 1 aliphatic carbocycles. The van der Waals surface area contributed by atoms with E-state index in [2.05, 4.69) is 21.2 Å². The normalized spacial score (nSPS) is 17.0. The summed E-state index contributed by atoms with van der Waals surface area (Å²) in [4.78, 5) is 14.4. The lowest BCUT2D eigenvalue weighted by Gasteiger charge is -2.36. The van der Waals surface area contributed by atoms with Crippen molar-refractivity contribution < 1.29 is 0 Å². The topological polar surface area (TPSA) is 68.1 Å². The third-order valence-corrected chi connectivity index (χ3v) is 6.39. The Kier molecular flexibility index (Phi) is 5.58. The molecule has 6 nitrogen and oxygen atoms in total. The lowest BCUT2D eigenvalue weighted by molar-refractivity contribution is 0.249. The van der Waals surface area contributed by atoms with E-state index in [0.29, 0.717) is 22.1 Å². The maximum absolute atomic E-state index is 9.50. The Morgan fingerprint density at radius 2 is 1.87 bits per heavy atom. The number of piperazine rings is 1. The van der Waals surface area contributed by atoms with Crippen molar-refractivity contribution in [1.82, 2.24) is 14.9 Å². The maximum atomic E-state index is 9.50. The first-order valence-electron chi connectivity index (χ1n) is 10.5. The molecule has 8 heteroatoms. The van der Waals surface area contributed by atoms with E-state index in [1.807, 2.05) is 30.3 Å². The number of nitriles is 1. The summed E-state index contributed by atoms with van der Waals surface area (Å²) in [6.45, 7) is 4.18. The van der Waals surface area contributed by atoms with Crippen LogP contribution < -0.4 is 10.2 Å². The predicted octanol–water partition coefficient (Wildman–Crippen LogP) is 4.70. The summed E-state index contributed by atoms with van der Waals surface area (Å²) < 4.78 is 0. The van der Waals surface area contributed by atoms with Gasteiger partial charge in [0.15, 0.2) is 11.6 Å². The number of para-hydroxylation sites is 1. The van der Waals surface area contributed by atoms with Crippen LogP contribution in [0.25, 0.3) is 11.0 Å². The summed E-state index contributed by atoms with van der Waals surface area (Å²) in [5, 5.41) is 14.5. The van der Waals surface area contributed by atoms with E-state index in [4.69, 9.17) is 33.2 Å². The molecule has 2 fully saturated rings. The van der Waals surface area contributed by atoms with Crippen LogP contribution in [-0.4, -0.2) is 47.1 Å². The molecule has 0 spiro atoms. The van der Waals surface area contributed by atoms with Crippen LogP contribution in [0.3, 0.4) is 0 Å². The van der Waals surface area contributed by atoms with Gasteiger partial charge in [-0.05, 0) is 48.7 Å². The van der Waals surface area contributed by atoms with Crippen LogP contribution in [0, 0.1) is 11.3 Å². The highest BCUT2D eigenvalue weighted by atomic mass is 35.5. The summed E-state index contributed by atoms with van der Waals surface area (Å²) >= 11 is 12.5. The van der Waals surface area contributed by atoms with Gasteiger partial charge in [-0.1, -0.05) is 29.3 Å². The highest BCUT2D eigenvalue weighted by Crippen LogP contribution is 2.32. The molecule has 2 heterocycles. The molecule has 5 rings (SSSR count). The number of fused-ring (bicyclic) bond motifs is 1. The minimum atomic E-state index is 0.468. The molecule has 0 amide bonds. The summed E-state index contributed by atoms with van der Waals surface area (Å²) in [6, 6.07) is 13.9. The molecule has 31 heavy (non-hydrogen) atoms. The van der Waals surface area contributed by atoms with Gasteiger partial charge < -0.3 is 10.2 Å². The standard InChI is InChI=1S/C23H22Cl2N6/c24-17-4-7-19(25)16(12-17)14-30-8-10-31(11-9-30)23-22(27-18-5-6-18)28-20-3-1-2-15(13-26)21(20)29-23/h1-4,7,12,18H,5-6,8-11,14H2,(H,27,28). The zero-order chi connectivity index (χ0) is 21.4. The SMILES string of the molecule is N#Cc1cccc2nc(NC3CC3)c(N3CCN(Cc4cc(Cl)ccc4Cl)CC3)nc12. The fourth-order valence-electron chi connectivity index (χ4n) is 3.92. The van der Waals surface area contributed by atoms with E-state index in [-0.39, 0.29) is 0 Å². The van der Waals surface area contributed by atoms with Gasteiger partial charge in [-0.2, -0.15) is 5.26 Å². The van der Waals surface area contributed by atoms with Crippen molar-refractivity contribution in [1.29, 1.82) is 5.26 Å². The molecule has 0 bridgehead atoms. The van der Waals surface area contributed by atoms with Gasteiger partial charge in [-0.3, -0.25) is 4.90 Å². The van der Waals surface area contributed by atoms with Gasteiger partial charge in [0, 0.05) is 48.8 Å². The van der Waals surface area contributed by atoms with Gasteiger partial charge in [0.05, 0.1) is 11.1 Å². The number of aromatic nitrogens is 2. The number of anilines is 2. The average Bonchev–Trinajstić information content (AvgIpc) is 3.60. The largest absolute Gasteiger partial charge is 0.364 e. The highest BCUT2D eigenvalue weighted by molar-refractivity contribution is 6.33. The zero-order valence-electron chi connectivity index (χ0n) is 17.0. The van der Waals surface area contributed by atoms with Crippen molar-refractivity contribution in [3.8, 4) is 6.07 Å². The molecule has 2 aromatic carbocycles. The zero-order valence-corrected chi connectivity index (χ0v) is 18.5. The lowest BCUT2D eigenvalue weighted by atomic mass is 10.2. The molecule has 1 aliphatic heterocycles. The first kappa shape index (κ1) is 20.3. The Balaban J connectivity index is 1.38. The van der Waals surface area contributed by atoms with Crippen LogP contribution >= 0.6 is 23.2 Å². The van der Waals surface area contributed by atoms with Crippen LogP contribution in [0.5, 0.6) is 0 Å². The minimum Gasteiger partial charge on any atom is -0.364 e. The third kappa shape index (κ3) is 4.40. The van der Waals surface area contributed by atoms with Crippen LogP contribution in [0.2, 0.25) is 10.0 Å². The van der Waals surface area contributed by atoms with Gasteiger partial charge in [0.1, 0.15) is 11.6 Å². The van der Waals surface area contributed by atoms with E-state index in [9.17, 15) is 5.26 Å². The summed E-state index contributed by atoms with van der Waals surface area (Å²) in [5.74, 6) is 1.65. The first-order chi connectivity index (χ1) is 15.1. The Hall–Kier alpha value is -2.59. The van der Waals surface area contributed by atoms with Gasteiger partial charge in [0.2, 0.25) is 0 Å². The third-order valence-electron chi connectivity index (χ3n) is 5.79. The van der Waals surface area contributed by atoms with Crippen LogP contribution in [0.4, 0.5) is 11.6 Å². The number of nitrogens with one attached hydrogen (secondary N) is 1. The Morgan fingerprint density at radius 1 is 1.06 bits per heavy atom. The van der Waals surface area contributed by atoms with Crippen molar-refractivity contribution in [2.75, 3.05) is 36.4 Å². The smallest absolute Gasteiger partial charge is 0.172 e. The van der Waals surface area contributed by atoms with Gasteiger partial charge in [0.25, 0.3) is 0 Å². The van der Waals surface area contributed by atoms with Crippen molar-refractivity contribution in [2.24, 2.45) is 0 Å². The fraction of sp³-hybridized carbons (Fsp3) is 0.348. The van der Waals surface area contributed by atoms with Gasteiger partial charge in [-0.15, -0.1) is 0 Å². The van der Waals surface area contributed by atoms with Gasteiger partial charge in [-0.25, -0.2) is 9.97 Å². The quantitative estimate of drug-likeness (QED) is 0.604. The Bertz CT molecular complexity index is 1160. The van der Waals surface area contributed by atoms with Crippen molar-refractivity contribution in [3.05, 3.63) is 57.6 Å². The summed E-state index contributed by atoms with van der Waals surface area (Å²) in [5.41, 5.74) is 3.01. The molecule has 1 saturated heterocycles. The average molecular weight is 453 g/mol. The number of benzene rings is 2. The predicted molar refractivity (Wildman–Crippen MR) is 125 cm³/mol. The maximum Gasteiger partial charge on any atom is 0.172 e. The van der Waals surface area contributed by atoms with E-state index < -0.39 is 0 Å². The van der Waals surface area contributed by atoms with Crippen LogP contribution in [-0.2, 0) is 6.54 Å². The number of hydrogen-bond acceptors (Lipinski definition) is 6. The molecule has 1 aromatic heterocycles. The second-order valence-corrected chi connectivity index (χ2v) is 8.94. The Labute approximate surface area is 191 Å². The molecular weight excluding hydrogens is 431 g/mol. The van der Waals surface area contributed by atoms with Crippen molar-refractivity contribution >= 4 is 45.9 Å². The van der Waals surface area contributed by atoms with Crippen molar-refractivity contribution in [3.63, 3.8) is 0 Å². The van der Waals surface area contributed by atoms with E-state index >= 15 is 0 Å². The van der Waals surface area contributed by atoms with E-state index in [0.717, 1.165) is 73.3 Å².